The zero-order chi connectivity index (χ0) is 12.1. The first-order valence-electron chi connectivity index (χ1n) is 5.79. The maximum absolute atomic E-state index is 11.5. The highest BCUT2D eigenvalue weighted by molar-refractivity contribution is 5.72. The van der Waals surface area contributed by atoms with Gasteiger partial charge in [0.25, 0.3) is 0 Å². The van der Waals surface area contributed by atoms with E-state index in [0.717, 1.165) is 25.0 Å². The molecule has 0 spiro atoms. The van der Waals surface area contributed by atoms with E-state index in [4.69, 9.17) is 14.6 Å². The third-order valence-electron chi connectivity index (χ3n) is 2.74. The van der Waals surface area contributed by atoms with Gasteiger partial charge in [-0.15, -0.1) is 0 Å². The molecule has 4 nitrogen and oxygen atoms in total. The summed E-state index contributed by atoms with van der Waals surface area (Å²) in [4.78, 5) is 11.5. The van der Waals surface area contributed by atoms with E-state index in [0.29, 0.717) is 6.61 Å². The van der Waals surface area contributed by atoms with E-state index in [2.05, 4.69) is 0 Å². The van der Waals surface area contributed by atoms with Crippen molar-refractivity contribution in [2.75, 3.05) is 13.2 Å². The molecule has 1 atom stereocenters. The van der Waals surface area contributed by atoms with Crippen molar-refractivity contribution in [1.29, 1.82) is 0 Å². The van der Waals surface area contributed by atoms with Gasteiger partial charge in [-0.3, -0.25) is 4.79 Å². The summed E-state index contributed by atoms with van der Waals surface area (Å²) in [6, 6.07) is 6.54. The van der Waals surface area contributed by atoms with Crippen molar-refractivity contribution >= 4 is 5.97 Å². The average Bonchev–Trinajstić information content (AvgIpc) is 2.83. The Kier molecular flexibility index (Phi) is 3.98. The van der Waals surface area contributed by atoms with E-state index in [9.17, 15) is 4.79 Å². The largest absolute Gasteiger partial charge is 0.508 e. The number of hydrogen-bond donors (Lipinski definition) is 1. The molecule has 1 aliphatic rings. The van der Waals surface area contributed by atoms with Crippen LogP contribution in [-0.4, -0.2) is 30.4 Å². The van der Waals surface area contributed by atoms with E-state index in [1.54, 1.807) is 24.3 Å². The fourth-order valence-corrected chi connectivity index (χ4v) is 1.79. The molecule has 2 rings (SSSR count). The molecule has 17 heavy (non-hydrogen) atoms. The molecule has 1 aromatic rings. The zero-order valence-corrected chi connectivity index (χ0v) is 9.59. The predicted molar refractivity (Wildman–Crippen MR) is 61.7 cm³/mol. The highest BCUT2D eigenvalue weighted by Crippen LogP contribution is 2.13. The molecule has 0 aromatic heterocycles. The van der Waals surface area contributed by atoms with Crippen LogP contribution >= 0.6 is 0 Å². The lowest BCUT2D eigenvalue weighted by molar-refractivity contribution is -0.146. The third-order valence-corrected chi connectivity index (χ3v) is 2.74. The third kappa shape index (κ3) is 3.75. The van der Waals surface area contributed by atoms with Gasteiger partial charge in [0.05, 0.1) is 12.5 Å². The summed E-state index contributed by atoms with van der Waals surface area (Å²) >= 11 is 0. The molecule has 0 unspecified atom stereocenters. The Morgan fingerprint density at radius 1 is 1.41 bits per heavy atom. The van der Waals surface area contributed by atoms with Crippen LogP contribution in [-0.2, 0) is 20.7 Å². The normalized spacial score (nSPS) is 19.2. The van der Waals surface area contributed by atoms with E-state index in [1.165, 1.54) is 0 Å². The second-order valence-corrected chi connectivity index (χ2v) is 4.16. The van der Waals surface area contributed by atoms with Crippen molar-refractivity contribution in [3.8, 4) is 5.75 Å². The lowest BCUT2D eigenvalue weighted by Crippen LogP contribution is -2.18. The molecule has 4 heteroatoms. The molecular weight excluding hydrogens is 220 g/mol. The van der Waals surface area contributed by atoms with E-state index >= 15 is 0 Å². The summed E-state index contributed by atoms with van der Waals surface area (Å²) in [5, 5.41) is 9.11. The Morgan fingerprint density at radius 2 is 2.18 bits per heavy atom. The van der Waals surface area contributed by atoms with Crippen molar-refractivity contribution in [3.05, 3.63) is 29.8 Å². The minimum Gasteiger partial charge on any atom is -0.508 e. The fourth-order valence-electron chi connectivity index (χ4n) is 1.79. The zero-order valence-electron chi connectivity index (χ0n) is 9.59. The monoisotopic (exact) mass is 236 g/mol. The number of carbonyl (C=O) groups excluding carboxylic acids is 1. The molecule has 1 heterocycles. The molecule has 1 fully saturated rings. The average molecular weight is 236 g/mol. The van der Waals surface area contributed by atoms with Gasteiger partial charge in [-0.1, -0.05) is 12.1 Å². The highest BCUT2D eigenvalue weighted by Gasteiger charge is 2.17. The molecule has 0 bridgehead atoms. The van der Waals surface area contributed by atoms with Crippen LogP contribution in [0.5, 0.6) is 5.75 Å². The summed E-state index contributed by atoms with van der Waals surface area (Å²) < 4.78 is 10.5. The molecule has 1 N–H and O–H groups in total. The molecule has 0 aliphatic carbocycles. The summed E-state index contributed by atoms with van der Waals surface area (Å²) in [7, 11) is 0. The number of benzene rings is 1. The van der Waals surface area contributed by atoms with Crippen molar-refractivity contribution in [2.24, 2.45) is 0 Å². The summed E-state index contributed by atoms with van der Waals surface area (Å²) in [5.74, 6) is -0.0623. The molecule has 1 saturated heterocycles. The first-order chi connectivity index (χ1) is 8.24. The second kappa shape index (κ2) is 5.68. The van der Waals surface area contributed by atoms with Crippen LogP contribution in [0, 0.1) is 0 Å². The highest BCUT2D eigenvalue weighted by atomic mass is 16.6. The number of esters is 1. The van der Waals surface area contributed by atoms with E-state index in [-0.39, 0.29) is 24.2 Å². The predicted octanol–water partition coefficient (Wildman–Crippen LogP) is 1.66. The first-order valence-corrected chi connectivity index (χ1v) is 5.79. The molecule has 0 amide bonds. The Hall–Kier alpha value is -1.55. The summed E-state index contributed by atoms with van der Waals surface area (Å²) in [6.07, 6.45) is 2.30. The van der Waals surface area contributed by atoms with Gasteiger partial charge in [-0.25, -0.2) is 0 Å². The number of aromatic hydroxyl groups is 1. The summed E-state index contributed by atoms with van der Waals surface area (Å²) in [6.45, 7) is 1.11. The smallest absolute Gasteiger partial charge is 0.310 e. The van der Waals surface area contributed by atoms with Gasteiger partial charge >= 0.3 is 5.97 Å². The van der Waals surface area contributed by atoms with Gasteiger partial charge in [0, 0.05) is 6.61 Å². The number of phenolic OH excluding ortho intramolecular Hbond substituents is 1. The lowest BCUT2D eigenvalue weighted by Gasteiger charge is -2.10. The second-order valence-electron chi connectivity index (χ2n) is 4.16. The quantitative estimate of drug-likeness (QED) is 0.808. The van der Waals surface area contributed by atoms with Crippen molar-refractivity contribution in [3.63, 3.8) is 0 Å². The van der Waals surface area contributed by atoms with Crippen LogP contribution < -0.4 is 0 Å². The molecular formula is C13H16O4. The molecule has 1 aliphatic heterocycles. The molecule has 92 valence electrons. The first kappa shape index (κ1) is 11.9. The summed E-state index contributed by atoms with van der Waals surface area (Å²) in [5.41, 5.74) is 0.833. The van der Waals surface area contributed by atoms with E-state index in [1.807, 2.05) is 0 Å². The van der Waals surface area contributed by atoms with Crippen LogP contribution in [0.4, 0.5) is 0 Å². The van der Waals surface area contributed by atoms with Crippen molar-refractivity contribution in [1.82, 2.24) is 0 Å². The Labute approximate surface area is 100 Å². The van der Waals surface area contributed by atoms with Crippen LogP contribution in [0.25, 0.3) is 0 Å². The van der Waals surface area contributed by atoms with Gasteiger partial charge in [0.15, 0.2) is 0 Å². The lowest BCUT2D eigenvalue weighted by atomic mass is 10.1. The van der Waals surface area contributed by atoms with Crippen LogP contribution in [0.3, 0.4) is 0 Å². The SMILES string of the molecule is O=C(Cc1ccc(O)cc1)OC[C@H]1CCCO1. The van der Waals surface area contributed by atoms with Crippen LogP contribution in [0.2, 0.25) is 0 Å². The number of hydrogen-bond acceptors (Lipinski definition) is 4. The minimum absolute atomic E-state index is 0.0683. The van der Waals surface area contributed by atoms with Crippen molar-refractivity contribution < 1.29 is 19.4 Å². The van der Waals surface area contributed by atoms with Gasteiger partial charge in [0.1, 0.15) is 12.4 Å². The number of carbonyl (C=O) groups is 1. The van der Waals surface area contributed by atoms with Gasteiger partial charge in [-0.2, -0.15) is 0 Å². The Morgan fingerprint density at radius 3 is 2.82 bits per heavy atom. The minimum atomic E-state index is -0.258. The van der Waals surface area contributed by atoms with Gasteiger partial charge < -0.3 is 14.6 Å². The Bertz CT molecular complexity index is 366. The molecule has 1 aromatic carbocycles. The van der Waals surface area contributed by atoms with Gasteiger partial charge in [0.2, 0.25) is 0 Å². The standard InChI is InChI=1S/C13H16O4/c14-11-5-3-10(4-6-11)8-13(15)17-9-12-2-1-7-16-12/h3-6,12,14H,1-2,7-9H2/t12-/m1/s1. The van der Waals surface area contributed by atoms with Crippen molar-refractivity contribution in [2.45, 2.75) is 25.4 Å². The van der Waals surface area contributed by atoms with Crippen LogP contribution in [0.1, 0.15) is 18.4 Å². The fraction of sp³-hybridized carbons (Fsp3) is 0.462. The van der Waals surface area contributed by atoms with E-state index < -0.39 is 0 Å². The number of ether oxygens (including phenoxy) is 2. The topological polar surface area (TPSA) is 55.8 Å². The molecule has 0 saturated carbocycles. The van der Waals surface area contributed by atoms with Gasteiger partial charge in [-0.05, 0) is 30.5 Å². The Balaban J connectivity index is 1.74. The van der Waals surface area contributed by atoms with Crippen LogP contribution in [0.15, 0.2) is 24.3 Å². The number of phenols is 1. The molecule has 0 radical (unpaired) electrons. The maximum atomic E-state index is 11.5. The maximum Gasteiger partial charge on any atom is 0.310 e. The number of rotatable bonds is 4.